The molecule has 1 atom stereocenters. The monoisotopic (exact) mass is 179 g/mol. The summed E-state index contributed by atoms with van der Waals surface area (Å²) in [6.07, 6.45) is 0. The van der Waals surface area contributed by atoms with Gasteiger partial charge in [0.25, 0.3) is 0 Å². The molecule has 1 unspecified atom stereocenters. The van der Waals surface area contributed by atoms with Crippen LogP contribution in [0.15, 0.2) is 30.3 Å². The zero-order valence-electron chi connectivity index (χ0n) is 7.76. The molecule has 0 bridgehead atoms. The Labute approximate surface area is 78.0 Å². The van der Waals surface area contributed by atoms with E-state index in [4.69, 9.17) is 0 Å². The molecule has 2 heteroatoms. The minimum Gasteiger partial charge on any atom is -0.316 e. The predicted molar refractivity (Wildman–Crippen MR) is 51.3 cm³/mol. The number of halogens is 1. The minimum absolute atomic E-state index is 0.134. The normalized spacial score (nSPS) is 22.0. The first kappa shape index (κ1) is 8.70. The molecule has 0 aliphatic carbocycles. The van der Waals surface area contributed by atoms with Gasteiger partial charge in [-0.25, -0.2) is 4.39 Å². The van der Waals surface area contributed by atoms with Gasteiger partial charge in [-0.2, -0.15) is 0 Å². The molecule has 13 heavy (non-hydrogen) atoms. The molecule has 0 spiro atoms. The fraction of sp³-hybridized carbons (Fsp3) is 0.455. The van der Waals surface area contributed by atoms with E-state index in [1.807, 2.05) is 30.3 Å². The second-order valence-electron chi connectivity index (χ2n) is 3.80. The minimum atomic E-state index is -1.17. The highest BCUT2D eigenvalue weighted by Crippen LogP contribution is 2.35. The number of hydrogen-bond donors (Lipinski definition) is 1. The highest BCUT2D eigenvalue weighted by molar-refractivity contribution is 5.23. The summed E-state index contributed by atoms with van der Waals surface area (Å²) in [6, 6.07) is 9.41. The molecule has 0 saturated carbocycles. The first-order valence-electron chi connectivity index (χ1n) is 4.66. The zero-order chi connectivity index (χ0) is 9.31. The second kappa shape index (κ2) is 3.11. The lowest BCUT2D eigenvalue weighted by atomic mass is 9.81. The molecular formula is C11H14FN. The Kier molecular flexibility index (Phi) is 2.08. The van der Waals surface area contributed by atoms with Crippen LogP contribution < -0.4 is 5.32 Å². The summed E-state index contributed by atoms with van der Waals surface area (Å²) in [7, 11) is 0. The Balaban J connectivity index is 2.23. The third-order valence-electron chi connectivity index (χ3n) is 2.89. The highest BCUT2D eigenvalue weighted by Gasteiger charge is 2.39. The summed E-state index contributed by atoms with van der Waals surface area (Å²) in [5.74, 6) is 0.134. The molecular weight excluding hydrogens is 165 g/mol. The largest absolute Gasteiger partial charge is 0.316 e. The van der Waals surface area contributed by atoms with Crippen molar-refractivity contribution in [1.82, 2.24) is 5.32 Å². The first-order chi connectivity index (χ1) is 6.21. The maximum atomic E-state index is 14.2. The predicted octanol–water partition coefficient (Wildman–Crippen LogP) is 2.09. The van der Waals surface area contributed by atoms with E-state index in [1.54, 1.807) is 6.92 Å². The van der Waals surface area contributed by atoms with Crippen LogP contribution in [0.5, 0.6) is 0 Å². The summed E-state index contributed by atoms with van der Waals surface area (Å²) in [5.41, 5.74) is -0.381. The van der Waals surface area contributed by atoms with Gasteiger partial charge in [0.1, 0.15) is 5.67 Å². The molecule has 1 fully saturated rings. The molecule has 1 nitrogen and oxygen atoms in total. The molecule has 0 amide bonds. The number of hydrogen-bond acceptors (Lipinski definition) is 1. The van der Waals surface area contributed by atoms with Crippen LogP contribution >= 0.6 is 0 Å². The van der Waals surface area contributed by atoms with Crippen LogP contribution in [0.2, 0.25) is 0 Å². The van der Waals surface area contributed by atoms with Gasteiger partial charge in [0, 0.05) is 19.0 Å². The molecule has 2 rings (SSSR count). The molecule has 1 heterocycles. The van der Waals surface area contributed by atoms with Crippen molar-refractivity contribution in [1.29, 1.82) is 0 Å². The Morgan fingerprint density at radius 3 is 2.38 bits per heavy atom. The molecule has 1 aromatic rings. The quantitative estimate of drug-likeness (QED) is 0.733. The second-order valence-corrected chi connectivity index (χ2v) is 3.80. The summed E-state index contributed by atoms with van der Waals surface area (Å²) < 4.78 is 14.2. The van der Waals surface area contributed by atoms with E-state index in [-0.39, 0.29) is 5.92 Å². The molecule has 0 aromatic heterocycles. The maximum Gasteiger partial charge on any atom is 0.138 e. The van der Waals surface area contributed by atoms with E-state index >= 15 is 0 Å². The Morgan fingerprint density at radius 1 is 1.31 bits per heavy atom. The lowest BCUT2D eigenvalue weighted by Crippen LogP contribution is -2.51. The molecule has 1 N–H and O–H groups in total. The Bertz CT molecular complexity index is 277. The number of rotatable bonds is 2. The van der Waals surface area contributed by atoms with E-state index in [9.17, 15) is 4.39 Å². The van der Waals surface area contributed by atoms with Gasteiger partial charge in [-0.3, -0.25) is 0 Å². The molecule has 1 aliphatic rings. The van der Waals surface area contributed by atoms with Crippen molar-refractivity contribution in [2.24, 2.45) is 5.92 Å². The van der Waals surface area contributed by atoms with Crippen molar-refractivity contribution in [2.45, 2.75) is 12.6 Å². The molecule has 1 aliphatic heterocycles. The molecule has 70 valence electrons. The number of alkyl halides is 1. The Hall–Kier alpha value is -0.890. The molecule has 1 aromatic carbocycles. The van der Waals surface area contributed by atoms with Crippen LogP contribution in [0.25, 0.3) is 0 Å². The summed E-state index contributed by atoms with van der Waals surface area (Å²) in [5, 5.41) is 3.10. The fourth-order valence-corrected chi connectivity index (χ4v) is 1.67. The number of nitrogens with one attached hydrogen (secondary N) is 1. The van der Waals surface area contributed by atoms with E-state index in [0.29, 0.717) is 0 Å². The maximum absolute atomic E-state index is 14.2. The summed E-state index contributed by atoms with van der Waals surface area (Å²) in [4.78, 5) is 0. The third kappa shape index (κ3) is 1.46. The van der Waals surface area contributed by atoms with Crippen molar-refractivity contribution >= 4 is 0 Å². The molecule has 0 radical (unpaired) electrons. The lowest BCUT2D eigenvalue weighted by molar-refractivity contribution is 0.0631. The van der Waals surface area contributed by atoms with Crippen LogP contribution in [0.1, 0.15) is 12.5 Å². The molecule has 1 saturated heterocycles. The van der Waals surface area contributed by atoms with Gasteiger partial charge in [0.05, 0.1) is 0 Å². The van der Waals surface area contributed by atoms with Crippen LogP contribution in [-0.2, 0) is 5.67 Å². The summed E-state index contributed by atoms with van der Waals surface area (Å²) in [6.45, 7) is 3.26. The van der Waals surface area contributed by atoms with Gasteiger partial charge >= 0.3 is 0 Å². The first-order valence-corrected chi connectivity index (χ1v) is 4.66. The van der Waals surface area contributed by atoms with Gasteiger partial charge in [-0.15, -0.1) is 0 Å². The van der Waals surface area contributed by atoms with Crippen LogP contribution in [0.4, 0.5) is 4.39 Å². The highest BCUT2D eigenvalue weighted by atomic mass is 19.1. The van der Waals surface area contributed by atoms with Crippen LogP contribution in [-0.4, -0.2) is 13.1 Å². The average molecular weight is 179 g/mol. The topological polar surface area (TPSA) is 12.0 Å². The van der Waals surface area contributed by atoms with Gasteiger partial charge in [0.15, 0.2) is 0 Å². The van der Waals surface area contributed by atoms with Gasteiger partial charge in [-0.05, 0) is 12.5 Å². The lowest BCUT2D eigenvalue weighted by Gasteiger charge is -2.37. The Morgan fingerprint density at radius 2 is 1.92 bits per heavy atom. The van der Waals surface area contributed by atoms with E-state index in [0.717, 1.165) is 18.7 Å². The van der Waals surface area contributed by atoms with E-state index in [1.165, 1.54) is 0 Å². The standard InChI is InChI=1S/C11H14FN/c1-11(12,10-7-13-8-10)9-5-3-2-4-6-9/h2-6,10,13H,7-8H2,1H3. The zero-order valence-corrected chi connectivity index (χ0v) is 7.76. The average Bonchev–Trinajstić information content (AvgIpc) is 2.02. The van der Waals surface area contributed by atoms with Crippen molar-refractivity contribution in [3.8, 4) is 0 Å². The van der Waals surface area contributed by atoms with Gasteiger partial charge < -0.3 is 5.32 Å². The van der Waals surface area contributed by atoms with E-state index < -0.39 is 5.67 Å². The van der Waals surface area contributed by atoms with Gasteiger partial charge in [0.2, 0.25) is 0 Å². The van der Waals surface area contributed by atoms with Crippen molar-refractivity contribution in [2.75, 3.05) is 13.1 Å². The van der Waals surface area contributed by atoms with Crippen LogP contribution in [0.3, 0.4) is 0 Å². The van der Waals surface area contributed by atoms with Crippen molar-refractivity contribution in [3.05, 3.63) is 35.9 Å². The van der Waals surface area contributed by atoms with Crippen molar-refractivity contribution in [3.63, 3.8) is 0 Å². The van der Waals surface area contributed by atoms with E-state index in [2.05, 4.69) is 5.32 Å². The smallest absolute Gasteiger partial charge is 0.138 e. The van der Waals surface area contributed by atoms with Crippen LogP contribution in [0, 0.1) is 5.92 Å². The fourth-order valence-electron chi connectivity index (χ4n) is 1.67. The SMILES string of the molecule is CC(F)(c1ccccc1)C1CNC1. The number of benzene rings is 1. The summed E-state index contributed by atoms with van der Waals surface area (Å²) >= 11 is 0. The van der Waals surface area contributed by atoms with Gasteiger partial charge in [-0.1, -0.05) is 30.3 Å². The third-order valence-corrected chi connectivity index (χ3v) is 2.89. The van der Waals surface area contributed by atoms with Crippen molar-refractivity contribution < 1.29 is 4.39 Å².